The van der Waals surface area contributed by atoms with Gasteiger partial charge in [-0.15, -0.1) is 0 Å². The van der Waals surface area contributed by atoms with E-state index in [0.717, 1.165) is 16.9 Å². The molecule has 8 heteroatoms. The van der Waals surface area contributed by atoms with Crippen molar-refractivity contribution in [2.45, 2.75) is 13.1 Å². The zero-order valence-electron chi connectivity index (χ0n) is 19.2. The van der Waals surface area contributed by atoms with Crippen LogP contribution < -0.4 is 23.7 Å². The number of benzene rings is 2. The van der Waals surface area contributed by atoms with Crippen LogP contribution in [0.2, 0.25) is 0 Å². The first-order chi connectivity index (χ1) is 16.6. The number of allylic oxidation sites excluding steroid dienone is 1. The number of hydrogen-bond acceptors (Lipinski definition) is 8. The number of carbonyl (C=O) groups excluding carboxylic acids is 1. The summed E-state index contributed by atoms with van der Waals surface area (Å²) in [4.78, 5) is 19.4. The second kappa shape index (κ2) is 9.07. The van der Waals surface area contributed by atoms with E-state index in [1.54, 1.807) is 58.0 Å². The molecular weight excluding hydrogens is 436 g/mol. The van der Waals surface area contributed by atoms with E-state index in [1.165, 1.54) is 0 Å². The minimum absolute atomic E-state index is 0.194. The van der Waals surface area contributed by atoms with Gasteiger partial charge in [0.1, 0.15) is 24.0 Å². The van der Waals surface area contributed by atoms with Crippen LogP contribution in [0.25, 0.3) is 6.08 Å². The molecule has 0 aliphatic carbocycles. The summed E-state index contributed by atoms with van der Waals surface area (Å²) in [5, 5.41) is 0. The van der Waals surface area contributed by atoms with Gasteiger partial charge in [-0.1, -0.05) is 0 Å². The molecule has 8 nitrogen and oxygen atoms in total. The molecule has 2 aromatic carbocycles. The average Bonchev–Trinajstić information content (AvgIpc) is 3.19. The molecule has 0 saturated carbocycles. The molecule has 0 fully saturated rings. The largest absolute Gasteiger partial charge is 0.496 e. The Labute approximate surface area is 197 Å². The Morgan fingerprint density at radius 3 is 2.47 bits per heavy atom. The maximum absolute atomic E-state index is 13.2. The van der Waals surface area contributed by atoms with Crippen molar-refractivity contribution >= 4 is 11.9 Å². The predicted molar refractivity (Wildman–Crippen MR) is 124 cm³/mol. The van der Waals surface area contributed by atoms with Gasteiger partial charge in [-0.3, -0.25) is 14.7 Å². The molecule has 3 aromatic rings. The molecule has 0 bridgehead atoms. The van der Waals surface area contributed by atoms with Crippen LogP contribution in [-0.2, 0) is 13.1 Å². The number of fused-ring (bicyclic) bond motifs is 3. The van der Waals surface area contributed by atoms with Crippen molar-refractivity contribution in [2.75, 3.05) is 28.1 Å². The number of aromatic nitrogens is 1. The lowest BCUT2D eigenvalue weighted by Crippen LogP contribution is -2.31. The molecule has 0 saturated heterocycles. The quantitative estimate of drug-likeness (QED) is 0.510. The number of ketones is 1. The lowest BCUT2D eigenvalue weighted by atomic mass is 10.0. The maximum atomic E-state index is 13.2. The number of Topliss-reactive ketones (excluding diaryl/α,β-unsaturated/α-hetero) is 1. The monoisotopic (exact) mass is 460 g/mol. The van der Waals surface area contributed by atoms with Crippen LogP contribution in [0.15, 0.2) is 54.6 Å². The standard InChI is InChI=1S/C26H24N2O6/c1-30-21-12-23(32-3)22(31-2)10-17(21)11-24-25(29)18-4-5-20-19(26(18)34-24)14-28(15-33-20)13-16-6-8-27-9-7-16/h4-12H,13-15H2,1-3H3. The van der Waals surface area contributed by atoms with Crippen LogP contribution in [-0.4, -0.2) is 43.7 Å². The number of ether oxygens (including phenoxy) is 5. The fourth-order valence-corrected chi connectivity index (χ4v) is 4.16. The second-order valence-electron chi connectivity index (χ2n) is 7.92. The van der Waals surface area contributed by atoms with Crippen LogP contribution in [0.3, 0.4) is 0 Å². The lowest BCUT2D eigenvalue weighted by Gasteiger charge is -2.29. The molecule has 2 aliphatic rings. The zero-order chi connectivity index (χ0) is 23.7. The van der Waals surface area contributed by atoms with Crippen molar-refractivity contribution in [1.82, 2.24) is 9.88 Å². The van der Waals surface area contributed by atoms with Crippen LogP contribution in [0.4, 0.5) is 0 Å². The maximum Gasteiger partial charge on any atom is 0.231 e. The minimum atomic E-state index is -0.194. The first-order valence-electron chi connectivity index (χ1n) is 10.8. The Kier molecular flexibility index (Phi) is 5.81. The smallest absolute Gasteiger partial charge is 0.231 e. The number of hydrogen-bond donors (Lipinski definition) is 0. The van der Waals surface area contributed by atoms with Crippen molar-refractivity contribution in [3.8, 4) is 28.7 Å². The fourth-order valence-electron chi connectivity index (χ4n) is 4.16. The number of rotatable bonds is 6. The van der Waals surface area contributed by atoms with Gasteiger partial charge < -0.3 is 23.7 Å². The third kappa shape index (κ3) is 3.92. The molecule has 0 amide bonds. The van der Waals surface area contributed by atoms with Gasteiger partial charge in [-0.2, -0.15) is 0 Å². The van der Waals surface area contributed by atoms with Gasteiger partial charge >= 0.3 is 0 Å². The average molecular weight is 460 g/mol. The molecule has 0 unspecified atom stereocenters. The number of pyridine rings is 1. The fraction of sp³-hybridized carbons (Fsp3) is 0.231. The molecule has 5 rings (SSSR count). The molecule has 0 atom stereocenters. The van der Waals surface area contributed by atoms with Crippen LogP contribution in [0.1, 0.15) is 27.0 Å². The summed E-state index contributed by atoms with van der Waals surface area (Å²) in [5.41, 5.74) is 3.14. The summed E-state index contributed by atoms with van der Waals surface area (Å²) < 4.78 is 28.3. The van der Waals surface area contributed by atoms with Gasteiger partial charge in [-0.25, -0.2) is 0 Å². The molecule has 34 heavy (non-hydrogen) atoms. The zero-order valence-corrected chi connectivity index (χ0v) is 19.2. The minimum Gasteiger partial charge on any atom is -0.496 e. The number of nitrogens with zero attached hydrogens (tertiary/aromatic N) is 2. The Balaban J connectivity index is 1.46. The second-order valence-corrected chi connectivity index (χ2v) is 7.92. The van der Waals surface area contributed by atoms with Gasteiger partial charge in [0, 0.05) is 37.1 Å². The Morgan fingerprint density at radius 1 is 1.00 bits per heavy atom. The summed E-state index contributed by atoms with van der Waals surface area (Å²) in [6, 6.07) is 11.0. The predicted octanol–water partition coefficient (Wildman–Crippen LogP) is 4.08. The third-order valence-corrected chi connectivity index (χ3v) is 5.86. The van der Waals surface area contributed by atoms with Gasteiger partial charge in [0.25, 0.3) is 0 Å². The van der Waals surface area contributed by atoms with Crippen molar-refractivity contribution in [3.05, 3.63) is 76.8 Å². The normalized spacial score (nSPS) is 15.9. The van der Waals surface area contributed by atoms with E-state index in [1.807, 2.05) is 18.2 Å². The van der Waals surface area contributed by atoms with Crippen molar-refractivity contribution < 1.29 is 28.5 Å². The van der Waals surface area contributed by atoms with Gasteiger partial charge in [0.2, 0.25) is 5.78 Å². The topological polar surface area (TPSA) is 79.3 Å². The van der Waals surface area contributed by atoms with Crippen LogP contribution in [0.5, 0.6) is 28.7 Å². The van der Waals surface area contributed by atoms with Gasteiger partial charge in [-0.05, 0) is 42.0 Å². The molecular formula is C26H24N2O6. The van der Waals surface area contributed by atoms with E-state index in [9.17, 15) is 4.79 Å². The number of methoxy groups -OCH3 is 3. The van der Waals surface area contributed by atoms with E-state index in [-0.39, 0.29) is 11.5 Å². The molecule has 174 valence electrons. The van der Waals surface area contributed by atoms with Crippen molar-refractivity contribution in [2.24, 2.45) is 0 Å². The Hall–Kier alpha value is -4.04. The Bertz CT molecular complexity index is 1270. The van der Waals surface area contributed by atoms with Crippen molar-refractivity contribution in [1.29, 1.82) is 0 Å². The first kappa shape index (κ1) is 21.8. The highest BCUT2D eigenvalue weighted by molar-refractivity contribution is 6.15. The van der Waals surface area contributed by atoms with E-state index >= 15 is 0 Å². The summed E-state index contributed by atoms with van der Waals surface area (Å²) in [5.74, 6) is 2.86. The number of carbonyl (C=O) groups is 1. The van der Waals surface area contributed by atoms with Gasteiger partial charge in [0.15, 0.2) is 17.3 Å². The molecule has 3 heterocycles. The molecule has 0 radical (unpaired) electrons. The van der Waals surface area contributed by atoms with E-state index in [4.69, 9.17) is 23.7 Å². The van der Waals surface area contributed by atoms with Crippen LogP contribution in [0, 0.1) is 0 Å². The van der Waals surface area contributed by atoms with E-state index in [2.05, 4.69) is 9.88 Å². The molecule has 1 aromatic heterocycles. The van der Waals surface area contributed by atoms with E-state index in [0.29, 0.717) is 53.9 Å². The Morgan fingerprint density at radius 2 is 1.74 bits per heavy atom. The highest BCUT2D eigenvalue weighted by Crippen LogP contribution is 2.43. The highest BCUT2D eigenvalue weighted by Gasteiger charge is 2.34. The molecule has 0 N–H and O–H groups in total. The summed E-state index contributed by atoms with van der Waals surface area (Å²) in [6.45, 7) is 1.75. The summed E-state index contributed by atoms with van der Waals surface area (Å²) in [7, 11) is 4.66. The summed E-state index contributed by atoms with van der Waals surface area (Å²) >= 11 is 0. The van der Waals surface area contributed by atoms with Gasteiger partial charge in [0.05, 0.1) is 32.5 Å². The van der Waals surface area contributed by atoms with Crippen molar-refractivity contribution in [3.63, 3.8) is 0 Å². The SMILES string of the molecule is COc1cc(OC)c(OC)cc1C=C1Oc2c(ccc3c2CN(Cc2ccncc2)CO3)C1=O. The lowest BCUT2D eigenvalue weighted by molar-refractivity contribution is 0.0872. The van der Waals surface area contributed by atoms with Crippen LogP contribution >= 0.6 is 0 Å². The van der Waals surface area contributed by atoms with E-state index < -0.39 is 0 Å². The first-order valence-corrected chi connectivity index (χ1v) is 10.8. The highest BCUT2D eigenvalue weighted by atomic mass is 16.5. The third-order valence-electron chi connectivity index (χ3n) is 5.86. The molecule has 2 aliphatic heterocycles. The molecule has 0 spiro atoms. The summed E-state index contributed by atoms with van der Waals surface area (Å²) in [6.07, 6.45) is 5.20.